The zero-order valence-electron chi connectivity index (χ0n) is 15.2. The molecule has 0 spiro atoms. The number of anilines is 1. The Morgan fingerprint density at radius 2 is 1.83 bits per heavy atom. The van der Waals surface area contributed by atoms with Gasteiger partial charge in [0.2, 0.25) is 0 Å². The van der Waals surface area contributed by atoms with Gasteiger partial charge in [0.25, 0.3) is 10.0 Å². The molecule has 0 radical (unpaired) electrons. The number of rotatable bonds is 6. The first-order chi connectivity index (χ1) is 14.0. The molecule has 0 bridgehead atoms. The molecule has 0 atom stereocenters. The van der Waals surface area contributed by atoms with Crippen molar-refractivity contribution in [2.75, 3.05) is 11.8 Å². The Hall–Kier alpha value is -3.24. The quantitative estimate of drug-likeness (QED) is 0.402. The summed E-state index contributed by atoms with van der Waals surface area (Å²) >= 11 is 1.14. The van der Waals surface area contributed by atoms with Gasteiger partial charge in [-0.05, 0) is 30.0 Å². The van der Waals surface area contributed by atoms with Gasteiger partial charge in [0.15, 0.2) is 5.16 Å². The first-order valence-corrected chi connectivity index (χ1v) is 10.7. The lowest BCUT2D eigenvalue weighted by Gasteiger charge is -2.15. The standard InChI is InChI=1S/C19H16N4O4S2/c1-27-15-8-4-5-9-17(15)29(25,26)23-14-10-16(28-19-20-11-21-22-19)18(24)13-7-3-2-6-12(13)14/h2-11,23-24H,1H3,(H,20,21,22). The number of para-hydroxylation sites is 1. The summed E-state index contributed by atoms with van der Waals surface area (Å²) in [4.78, 5) is 4.48. The summed E-state index contributed by atoms with van der Waals surface area (Å²) in [6.07, 6.45) is 1.35. The molecule has 0 unspecified atom stereocenters. The normalized spacial score (nSPS) is 11.5. The number of hydrogen-bond acceptors (Lipinski definition) is 7. The van der Waals surface area contributed by atoms with E-state index in [0.29, 0.717) is 26.5 Å². The lowest BCUT2D eigenvalue weighted by molar-refractivity contribution is 0.403. The number of aromatic amines is 1. The van der Waals surface area contributed by atoms with Gasteiger partial charge in [0.1, 0.15) is 22.7 Å². The predicted molar refractivity (Wildman–Crippen MR) is 110 cm³/mol. The van der Waals surface area contributed by atoms with Crippen LogP contribution in [0.5, 0.6) is 11.5 Å². The first kappa shape index (κ1) is 19.1. The van der Waals surface area contributed by atoms with E-state index in [2.05, 4.69) is 19.9 Å². The van der Waals surface area contributed by atoms with Gasteiger partial charge in [0, 0.05) is 10.8 Å². The van der Waals surface area contributed by atoms with Crippen molar-refractivity contribution in [3.05, 3.63) is 60.9 Å². The molecular formula is C19H16N4O4S2. The van der Waals surface area contributed by atoms with Crippen molar-refractivity contribution in [1.29, 1.82) is 0 Å². The van der Waals surface area contributed by atoms with E-state index in [1.807, 2.05) is 0 Å². The van der Waals surface area contributed by atoms with E-state index in [4.69, 9.17) is 4.74 Å². The van der Waals surface area contributed by atoms with Crippen LogP contribution in [-0.4, -0.2) is 35.8 Å². The van der Waals surface area contributed by atoms with Crippen LogP contribution < -0.4 is 9.46 Å². The fraction of sp³-hybridized carbons (Fsp3) is 0.0526. The molecule has 4 rings (SSSR count). The van der Waals surface area contributed by atoms with Crippen molar-refractivity contribution in [3.8, 4) is 11.5 Å². The predicted octanol–water partition coefficient (Wildman–Crippen LogP) is 3.62. The summed E-state index contributed by atoms with van der Waals surface area (Å²) in [5.41, 5.74) is 0.325. The second-order valence-electron chi connectivity index (χ2n) is 5.97. The summed E-state index contributed by atoms with van der Waals surface area (Å²) in [7, 11) is -2.53. The van der Waals surface area contributed by atoms with Gasteiger partial charge < -0.3 is 9.84 Å². The minimum atomic E-state index is -3.94. The van der Waals surface area contributed by atoms with Gasteiger partial charge in [-0.3, -0.25) is 9.82 Å². The Balaban J connectivity index is 1.83. The Labute approximate surface area is 171 Å². The molecule has 0 aliphatic heterocycles. The minimum Gasteiger partial charge on any atom is -0.506 e. The molecule has 10 heteroatoms. The summed E-state index contributed by atoms with van der Waals surface area (Å²) in [6.45, 7) is 0. The zero-order chi connectivity index (χ0) is 20.4. The van der Waals surface area contributed by atoms with Gasteiger partial charge in [-0.1, -0.05) is 36.4 Å². The molecule has 0 amide bonds. The smallest absolute Gasteiger partial charge is 0.265 e. The molecule has 0 aliphatic rings. The van der Waals surface area contributed by atoms with Crippen LogP contribution in [0.1, 0.15) is 0 Å². The monoisotopic (exact) mass is 428 g/mol. The van der Waals surface area contributed by atoms with Crippen LogP contribution in [0.15, 0.2) is 75.9 Å². The van der Waals surface area contributed by atoms with Crippen molar-refractivity contribution in [2.24, 2.45) is 0 Å². The zero-order valence-corrected chi connectivity index (χ0v) is 16.8. The molecule has 0 saturated carbocycles. The third kappa shape index (κ3) is 3.71. The summed E-state index contributed by atoms with van der Waals surface area (Å²) < 4.78 is 33.9. The van der Waals surface area contributed by atoms with Crippen LogP contribution in [0, 0.1) is 0 Å². The maximum Gasteiger partial charge on any atom is 0.265 e. The van der Waals surface area contributed by atoms with Gasteiger partial charge in [-0.25, -0.2) is 13.4 Å². The summed E-state index contributed by atoms with van der Waals surface area (Å²) in [5.74, 6) is 0.265. The van der Waals surface area contributed by atoms with Crippen molar-refractivity contribution < 1.29 is 18.3 Å². The lowest BCUT2D eigenvalue weighted by Crippen LogP contribution is -2.14. The van der Waals surface area contributed by atoms with Gasteiger partial charge in [-0.15, -0.1) is 0 Å². The molecule has 29 heavy (non-hydrogen) atoms. The van der Waals surface area contributed by atoms with Crippen LogP contribution in [0.25, 0.3) is 10.8 Å². The van der Waals surface area contributed by atoms with Crippen molar-refractivity contribution in [2.45, 2.75) is 14.9 Å². The number of sulfonamides is 1. The third-order valence-corrected chi connectivity index (χ3v) is 6.51. The number of nitrogens with zero attached hydrogens (tertiary/aromatic N) is 2. The molecule has 3 N–H and O–H groups in total. The van der Waals surface area contributed by atoms with E-state index >= 15 is 0 Å². The number of aromatic nitrogens is 3. The molecule has 1 aromatic heterocycles. The highest BCUT2D eigenvalue weighted by molar-refractivity contribution is 7.99. The fourth-order valence-electron chi connectivity index (χ4n) is 2.88. The van der Waals surface area contributed by atoms with Crippen LogP contribution >= 0.6 is 11.8 Å². The Morgan fingerprint density at radius 3 is 2.55 bits per heavy atom. The molecule has 3 aromatic carbocycles. The topological polar surface area (TPSA) is 117 Å². The summed E-state index contributed by atoms with van der Waals surface area (Å²) in [5, 5.41) is 18.7. The number of aromatic hydroxyl groups is 1. The van der Waals surface area contributed by atoms with E-state index in [1.165, 1.54) is 19.5 Å². The second-order valence-corrected chi connectivity index (χ2v) is 8.65. The van der Waals surface area contributed by atoms with Crippen molar-refractivity contribution in [1.82, 2.24) is 15.2 Å². The van der Waals surface area contributed by atoms with Gasteiger partial charge in [0.05, 0.1) is 17.7 Å². The maximum absolute atomic E-state index is 13.0. The number of fused-ring (bicyclic) bond motifs is 1. The van der Waals surface area contributed by atoms with Crippen LogP contribution in [0.2, 0.25) is 0 Å². The average molecular weight is 428 g/mol. The largest absolute Gasteiger partial charge is 0.506 e. The molecule has 4 aromatic rings. The van der Waals surface area contributed by atoms with Crippen molar-refractivity contribution in [3.63, 3.8) is 0 Å². The number of methoxy groups -OCH3 is 1. The number of benzene rings is 3. The molecule has 8 nitrogen and oxygen atoms in total. The van der Waals surface area contributed by atoms with E-state index < -0.39 is 10.0 Å². The number of ether oxygens (including phenoxy) is 1. The first-order valence-electron chi connectivity index (χ1n) is 8.43. The summed E-state index contributed by atoms with van der Waals surface area (Å²) in [6, 6.07) is 14.9. The number of phenolic OH excluding ortho intramolecular Hbond substituents is 1. The number of hydrogen-bond donors (Lipinski definition) is 3. The van der Waals surface area contributed by atoms with E-state index in [9.17, 15) is 13.5 Å². The number of H-pyrrole nitrogens is 1. The van der Waals surface area contributed by atoms with Crippen LogP contribution in [0.3, 0.4) is 0 Å². The lowest BCUT2D eigenvalue weighted by atomic mass is 10.1. The number of phenols is 1. The molecule has 1 heterocycles. The molecule has 148 valence electrons. The minimum absolute atomic E-state index is 0.0177. The van der Waals surface area contributed by atoms with Gasteiger partial charge in [-0.2, -0.15) is 5.10 Å². The fourth-order valence-corrected chi connectivity index (χ4v) is 4.92. The molecule has 0 saturated heterocycles. The van der Waals surface area contributed by atoms with Crippen molar-refractivity contribution >= 4 is 38.2 Å². The SMILES string of the molecule is COc1ccccc1S(=O)(=O)Nc1cc(Sc2ncn[nH]2)c(O)c2ccccc12. The second kappa shape index (κ2) is 7.64. The van der Waals surface area contributed by atoms with E-state index in [0.717, 1.165) is 11.8 Å². The Bertz CT molecular complexity index is 1270. The van der Waals surface area contributed by atoms with Gasteiger partial charge >= 0.3 is 0 Å². The molecular weight excluding hydrogens is 412 g/mol. The van der Waals surface area contributed by atoms with E-state index in [-0.39, 0.29) is 16.4 Å². The third-order valence-electron chi connectivity index (χ3n) is 4.18. The average Bonchev–Trinajstić information content (AvgIpc) is 3.24. The highest BCUT2D eigenvalue weighted by atomic mass is 32.2. The Morgan fingerprint density at radius 1 is 1.10 bits per heavy atom. The molecule has 0 aliphatic carbocycles. The molecule has 0 fully saturated rings. The van der Waals surface area contributed by atoms with Crippen LogP contribution in [-0.2, 0) is 10.0 Å². The maximum atomic E-state index is 13.0. The number of nitrogens with one attached hydrogen (secondary N) is 2. The Kier molecular flexibility index (Phi) is 5.03. The van der Waals surface area contributed by atoms with Crippen LogP contribution in [0.4, 0.5) is 5.69 Å². The highest BCUT2D eigenvalue weighted by Gasteiger charge is 2.22. The highest BCUT2D eigenvalue weighted by Crippen LogP contribution is 2.42. The van der Waals surface area contributed by atoms with E-state index in [1.54, 1.807) is 48.5 Å².